The van der Waals surface area contributed by atoms with Gasteiger partial charge in [0.15, 0.2) is 0 Å². The number of halogens is 1. The number of rotatable bonds is 3. The van der Waals surface area contributed by atoms with Gasteiger partial charge in [0.05, 0.1) is 16.6 Å². The first-order chi connectivity index (χ1) is 12.8. The molecule has 2 atom stereocenters. The van der Waals surface area contributed by atoms with Crippen LogP contribution in [-0.2, 0) is 10.0 Å². The van der Waals surface area contributed by atoms with E-state index < -0.39 is 10.0 Å². The van der Waals surface area contributed by atoms with Crippen LogP contribution in [0.5, 0.6) is 0 Å². The van der Waals surface area contributed by atoms with Gasteiger partial charge in [-0.2, -0.15) is 0 Å². The van der Waals surface area contributed by atoms with Crippen molar-refractivity contribution in [2.24, 2.45) is 0 Å². The molecule has 1 aliphatic heterocycles. The summed E-state index contributed by atoms with van der Waals surface area (Å²) in [5, 5.41) is 1.86. The van der Waals surface area contributed by atoms with Crippen LogP contribution in [0.3, 0.4) is 0 Å². The molecule has 4 nitrogen and oxygen atoms in total. The predicted octanol–water partition coefficient (Wildman–Crippen LogP) is 4.89. The summed E-state index contributed by atoms with van der Waals surface area (Å²) in [5.74, 6) is 0.293. The lowest BCUT2D eigenvalue weighted by atomic mass is 9.84. The summed E-state index contributed by atoms with van der Waals surface area (Å²) in [5.41, 5.74) is 5.54. The Labute approximate surface area is 169 Å². The zero-order valence-electron chi connectivity index (χ0n) is 15.7. The summed E-state index contributed by atoms with van der Waals surface area (Å²) in [4.78, 5) is 3.15. The highest BCUT2D eigenvalue weighted by molar-refractivity contribution is 9.10. The Balaban J connectivity index is 1.81. The summed E-state index contributed by atoms with van der Waals surface area (Å²) >= 11 is 3.67. The molecule has 27 heavy (non-hydrogen) atoms. The van der Waals surface area contributed by atoms with Crippen molar-refractivity contribution in [3.8, 4) is 0 Å². The van der Waals surface area contributed by atoms with Gasteiger partial charge in [-0.05, 0) is 68.5 Å². The van der Waals surface area contributed by atoms with Gasteiger partial charge in [0.2, 0.25) is 0 Å². The van der Waals surface area contributed by atoms with Gasteiger partial charge in [0.25, 0.3) is 10.0 Å². The third-order valence-electron chi connectivity index (χ3n) is 5.58. The fraction of sp³-hybridized carbons (Fsp3) is 0.333. The minimum atomic E-state index is -3.66. The van der Waals surface area contributed by atoms with Crippen LogP contribution in [0.15, 0.2) is 51.9 Å². The average Bonchev–Trinajstić information content (AvgIpc) is 2.95. The molecule has 2 unspecified atom stereocenters. The molecule has 1 aliphatic carbocycles. The number of anilines is 1. The molecule has 0 radical (unpaired) electrons. The summed E-state index contributed by atoms with van der Waals surface area (Å²) in [6.45, 7) is 6.09. The molecule has 2 aromatic carbocycles. The molecule has 6 heteroatoms. The fourth-order valence-electron chi connectivity index (χ4n) is 4.21. The van der Waals surface area contributed by atoms with Crippen LogP contribution >= 0.6 is 15.9 Å². The van der Waals surface area contributed by atoms with Crippen LogP contribution in [0.1, 0.15) is 41.0 Å². The zero-order chi connectivity index (χ0) is 19.3. The molecular weight excluding hydrogens is 424 g/mol. The normalized spacial score (nSPS) is 21.3. The van der Waals surface area contributed by atoms with Crippen molar-refractivity contribution in [1.82, 2.24) is 4.83 Å². The minimum Gasteiger partial charge on any atom is -0.287 e. The van der Waals surface area contributed by atoms with E-state index in [0.29, 0.717) is 5.92 Å². The number of hydrazine groups is 1. The van der Waals surface area contributed by atoms with E-state index in [1.165, 1.54) is 11.1 Å². The Morgan fingerprint density at radius 3 is 2.56 bits per heavy atom. The number of nitrogens with zero attached hydrogens (tertiary/aromatic N) is 1. The van der Waals surface area contributed by atoms with Crippen LogP contribution in [0.2, 0.25) is 0 Å². The van der Waals surface area contributed by atoms with Crippen LogP contribution in [0, 0.1) is 20.8 Å². The Morgan fingerprint density at radius 1 is 1.15 bits per heavy atom. The molecule has 1 heterocycles. The summed E-state index contributed by atoms with van der Waals surface area (Å²) in [6, 6.07) is 9.03. The van der Waals surface area contributed by atoms with Crippen molar-refractivity contribution >= 4 is 31.6 Å². The van der Waals surface area contributed by atoms with Gasteiger partial charge in [-0.15, -0.1) is 4.83 Å². The number of hydrogen-bond acceptors (Lipinski definition) is 3. The SMILES string of the molecule is Cc1ccc(S(=O)(=O)NN2c3c(C)cc(Br)c(C)c3C3CCC=CC32)cc1. The van der Waals surface area contributed by atoms with E-state index in [0.717, 1.165) is 34.1 Å². The maximum absolute atomic E-state index is 13.1. The number of fused-ring (bicyclic) bond motifs is 3. The van der Waals surface area contributed by atoms with Crippen LogP contribution in [0.25, 0.3) is 0 Å². The highest BCUT2D eigenvalue weighted by Crippen LogP contribution is 2.49. The lowest BCUT2D eigenvalue weighted by molar-refractivity contribution is 0.522. The second-order valence-electron chi connectivity index (χ2n) is 7.44. The van der Waals surface area contributed by atoms with Gasteiger partial charge in [-0.25, -0.2) is 8.42 Å². The van der Waals surface area contributed by atoms with Gasteiger partial charge in [0, 0.05) is 10.4 Å². The Bertz CT molecular complexity index is 1030. The van der Waals surface area contributed by atoms with Gasteiger partial charge >= 0.3 is 0 Å². The first-order valence-electron chi connectivity index (χ1n) is 9.14. The lowest BCUT2D eigenvalue weighted by Gasteiger charge is -2.30. The lowest BCUT2D eigenvalue weighted by Crippen LogP contribution is -2.47. The fourth-order valence-corrected chi connectivity index (χ4v) is 5.84. The maximum atomic E-state index is 13.1. The third-order valence-corrected chi connectivity index (χ3v) is 7.74. The first kappa shape index (κ1) is 18.7. The second-order valence-corrected chi connectivity index (χ2v) is 9.96. The third kappa shape index (κ3) is 3.13. The van der Waals surface area contributed by atoms with Gasteiger partial charge in [-0.1, -0.05) is 45.8 Å². The Morgan fingerprint density at radius 2 is 1.85 bits per heavy atom. The van der Waals surface area contributed by atoms with Crippen LogP contribution in [0.4, 0.5) is 5.69 Å². The highest BCUT2D eigenvalue weighted by atomic mass is 79.9. The zero-order valence-corrected chi connectivity index (χ0v) is 18.1. The smallest absolute Gasteiger partial charge is 0.257 e. The number of allylic oxidation sites excluding steroid dienone is 1. The average molecular weight is 447 g/mol. The molecule has 0 amide bonds. The number of nitrogens with one attached hydrogen (secondary N) is 1. The second kappa shape index (κ2) is 6.76. The topological polar surface area (TPSA) is 49.4 Å². The highest BCUT2D eigenvalue weighted by Gasteiger charge is 2.42. The molecule has 0 saturated heterocycles. The van der Waals surface area contributed by atoms with Crippen molar-refractivity contribution in [3.63, 3.8) is 0 Å². The molecule has 142 valence electrons. The molecule has 0 fully saturated rings. The summed E-state index contributed by atoms with van der Waals surface area (Å²) in [6.07, 6.45) is 6.33. The molecule has 0 saturated carbocycles. The van der Waals surface area contributed by atoms with Crippen LogP contribution in [-0.4, -0.2) is 14.5 Å². The van der Waals surface area contributed by atoms with Gasteiger partial charge in [-0.3, -0.25) is 5.01 Å². The quantitative estimate of drug-likeness (QED) is 0.682. The number of sulfonamides is 1. The van der Waals surface area contributed by atoms with E-state index in [4.69, 9.17) is 0 Å². The van der Waals surface area contributed by atoms with E-state index in [2.05, 4.69) is 45.9 Å². The van der Waals surface area contributed by atoms with Crippen LogP contribution < -0.4 is 9.84 Å². The largest absolute Gasteiger partial charge is 0.287 e. The monoisotopic (exact) mass is 446 g/mol. The minimum absolute atomic E-state index is 0.000623. The summed E-state index contributed by atoms with van der Waals surface area (Å²) < 4.78 is 27.2. The number of hydrogen-bond donors (Lipinski definition) is 1. The van der Waals surface area contributed by atoms with Gasteiger partial charge in [0.1, 0.15) is 0 Å². The van der Waals surface area contributed by atoms with E-state index in [-0.39, 0.29) is 10.9 Å². The number of aryl methyl sites for hydroxylation is 2. The van der Waals surface area contributed by atoms with Crippen molar-refractivity contribution in [2.45, 2.75) is 50.5 Å². The van der Waals surface area contributed by atoms with Crippen molar-refractivity contribution in [3.05, 3.63) is 69.2 Å². The molecule has 0 aromatic heterocycles. The van der Waals surface area contributed by atoms with E-state index in [1.807, 2.05) is 31.0 Å². The van der Waals surface area contributed by atoms with E-state index in [1.54, 1.807) is 12.1 Å². The van der Waals surface area contributed by atoms with Crippen molar-refractivity contribution in [2.75, 3.05) is 5.01 Å². The van der Waals surface area contributed by atoms with E-state index >= 15 is 0 Å². The first-order valence-corrected chi connectivity index (χ1v) is 11.4. The van der Waals surface area contributed by atoms with Crippen molar-refractivity contribution in [1.29, 1.82) is 0 Å². The Hall–Kier alpha value is -1.63. The summed E-state index contributed by atoms with van der Waals surface area (Å²) in [7, 11) is -3.66. The van der Waals surface area contributed by atoms with Crippen molar-refractivity contribution < 1.29 is 8.42 Å². The number of benzene rings is 2. The standard InChI is InChI=1S/C21H23BrN2O2S/c1-13-8-10-16(11-9-13)27(25,26)23-24-19-7-5-4-6-17(19)20-15(3)18(22)12-14(2)21(20)24/h5,7-12,17,19,23H,4,6H2,1-3H3. The maximum Gasteiger partial charge on any atom is 0.257 e. The molecule has 0 bridgehead atoms. The van der Waals surface area contributed by atoms with Gasteiger partial charge < -0.3 is 0 Å². The molecule has 2 aliphatic rings. The molecular formula is C21H23BrN2O2S. The molecule has 0 spiro atoms. The molecule has 2 aromatic rings. The van der Waals surface area contributed by atoms with E-state index in [9.17, 15) is 8.42 Å². The Kier molecular flexibility index (Phi) is 4.69. The predicted molar refractivity (Wildman–Crippen MR) is 112 cm³/mol. The molecule has 1 N–H and O–H groups in total. The molecule has 4 rings (SSSR count).